The molecule has 0 heterocycles. The van der Waals surface area contributed by atoms with Gasteiger partial charge in [-0.05, 0) is 6.92 Å². The monoisotopic (exact) mass is 196 g/mol. The molecule has 0 saturated heterocycles. The summed E-state index contributed by atoms with van der Waals surface area (Å²) in [5, 5.41) is 0. The van der Waals surface area contributed by atoms with Crippen molar-refractivity contribution in [3.05, 3.63) is 11.8 Å². The lowest BCUT2D eigenvalue weighted by Gasteiger charge is -2.11. The van der Waals surface area contributed by atoms with Crippen LogP contribution in [0, 0.1) is 17.3 Å². The van der Waals surface area contributed by atoms with Gasteiger partial charge in [-0.3, -0.25) is 9.59 Å². The van der Waals surface area contributed by atoms with Crippen LogP contribution in [0.3, 0.4) is 0 Å². The first-order valence-electron chi connectivity index (χ1n) is 4.45. The fourth-order valence-electron chi connectivity index (χ4n) is 2.41. The van der Waals surface area contributed by atoms with Crippen LogP contribution in [-0.4, -0.2) is 26.0 Å². The van der Waals surface area contributed by atoms with E-state index in [-0.39, 0.29) is 23.6 Å². The SMILES string of the molecule is COC(=O)[C@]1(C)[C@@H]2C(=O)C=C(OC)[C@@H]21. The third-order valence-corrected chi connectivity index (χ3v) is 3.27. The van der Waals surface area contributed by atoms with Crippen molar-refractivity contribution in [1.82, 2.24) is 0 Å². The van der Waals surface area contributed by atoms with Crippen LogP contribution >= 0.6 is 0 Å². The van der Waals surface area contributed by atoms with Crippen molar-refractivity contribution < 1.29 is 19.1 Å². The molecule has 2 aliphatic rings. The third-order valence-electron chi connectivity index (χ3n) is 3.27. The summed E-state index contributed by atoms with van der Waals surface area (Å²) in [4.78, 5) is 22.9. The predicted octanol–water partition coefficient (Wildman–Crippen LogP) is 0.525. The zero-order valence-electron chi connectivity index (χ0n) is 8.37. The molecule has 14 heavy (non-hydrogen) atoms. The van der Waals surface area contributed by atoms with E-state index in [1.54, 1.807) is 6.92 Å². The summed E-state index contributed by atoms with van der Waals surface area (Å²) in [5.74, 6) is -0.117. The normalized spacial score (nSPS) is 38.8. The van der Waals surface area contributed by atoms with Crippen LogP contribution < -0.4 is 0 Å². The highest BCUT2D eigenvalue weighted by molar-refractivity contribution is 6.05. The minimum absolute atomic E-state index is 0.0280. The van der Waals surface area contributed by atoms with E-state index in [2.05, 4.69) is 4.74 Å². The molecule has 0 unspecified atom stereocenters. The highest BCUT2D eigenvalue weighted by Gasteiger charge is 2.74. The lowest BCUT2D eigenvalue weighted by atomic mass is 10.0. The van der Waals surface area contributed by atoms with Gasteiger partial charge in [-0.2, -0.15) is 0 Å². The number of methoxy groups -OCH3 is 2. The molecule has 1 fully saturated rings. The molecule has 0 spiro atoms. The summed E-state index contributed by atoms with van der Waals surface area (Å²) in [6.07, 6.45) is 1.47. The second kappa shape index (κ2) is 2.59. The molecule has 0 aliphatic heterocycles. The van der Waals surface area contributed by atoms with Gasteiger partial charge in [-0.15, -0.1) is 0 Å². The van der Waals surface area contributed by atoms with Crippen molar-refractivity contribution in [2.45, 2.75) is 6.92 Å². The number of hydrogen-bond donors (Lipinski definition) is 0. The summed E-state index contributed by atoms with van der Waals surface area (Å²) in [6, 6.07) is 0. The number of rotatable bonds is 2. The Morgan fingerprint density at radius 1 is 1.43 bits per heavy atom. The number of ether oxygens (including phenoxy) is 2. The average molecular weight is 196 g/mol. The third kappa shape index (κ3) is 0.832. The fourth-order valence-corrected chi connectivity index (χ4v) is 2.41. The van der Waals surface area contributed by atoms with E-state index in [1.165, 1.54) is 20.3 Å². The molecule has 4 nitrogen and oxygen atoms in total. The van der Waals surface area contributed by atoms with Gasteiger partial charge in [0, 0.05) is 17.9 Å². The quantitative estimate of drug-likeness (QED) is 0.604. The van der Waals surface area contributed by atoms with Crippen molar-refractivity contribution in [3.8, 4) is 0 Å². The molecule has 0 aromatic carbocycles. The second-order valence-corrected chi connectivity index (χ2v) is 3.88. The molecular weight excluding hydrogens is 184 g/mol. The summed E-state index contributed by atoms with van der Waals surface area (Å²) in [7, 11) is 2.85. The largest absolute Gasteiger partial charge is 0.501 e. The number of allylic oxidation sites excluding steroid dienone is 2. The molecule has 76 valence electrons. The second-order valence-electron chi connectivity index (χ2n) is 3.88. The van der Waals surface area contributed by atoms with E-state index >= 15 is 0 Å². The zero-order valence-corrected chi connectivity index (χ0v) is 8.37. The van der Waals surface area contributed by atoms with Crippen LogP contribution in [0.15, 0.2) is 11.8 Å². The number of carbonyl (C=O) groups excluding carboxylic acids is 2. The minimum atomic E-state index is -0.689. The van der Waals surface area contributed by atoms with E-state index < -0.39 is 5.41 Å². The summed E-state index contributed by atoms with van der Waals surface area (Å²) in [5.41, 5.74) is -0.689. The molecule has 2 rings (SSSR count). The first-order valence-corrected chi connectivity index (χ1v) is 4.45. The number of ketones is 1. The fraction of sp³-hybridized carbons (Fsp3) is 0.600. The van der Waals surface area contributed by atoms with E-state index in [0.717, 1.165) is 0 Å². The number of esters is 1. The molecular formula is C10H12O4. The van der Waals surface area contributed by atoms with Gasteiger partial charge in [0.15, 0.2) is 5.78 Å². The van der Waals surface area contributed by atoms with Crippen LogP contribution in [0.5, 0.6) is 0 Å². The maximum atomic E-state index is 11.5. The van der Waals surface area contributed by atoms with Gasteiger partial charge in [0.05, 0.1) is 19.6 Å². The number of hydrogen-bond acceptors (Lipinski definition) is 4. The topological polar surface area (TPSA) is 52.6 Å². The first-order chi connectivity index (χ1) is 6.57. The summed E-state index contributed by atoms with van der Waals surface area (Å²) >= 11 is 0. The van der Waals surface area contributed by atoms with E-state index in [9.17, 15) is 9.59 Å². The molecule has 4 heteroatoms. The lowest BCUT2D eigenvalue weighted by molar-refractivity contribution is -0.148. The van der Waals surface area contributed by atoms with Crippen molar-refractivity contribution >= 4 is 11.8 Å². The Morgan fingerprint density at radius 2 is 2.07 bits per heavy atom. The molecule has 0 aromatic heterocycles. The molecule has 3 atom stereocenters. The maximum absolute atomic E-state index is 11.5. The van der Waals surface area contributed by atoms with Crippen LogP contribution in [0.2, 0.25) is 0 Å². The van der Waals surface area contributed by atoms with Crippen LogP contribution in [0.25, 0.3) is 0 Å². The first kappa shape index (κ1) is 9.24. The standard InChI is InChI=1S/C10H12O4/c1-10(9(12)14-3)7-5(11)4-6(13-2)8(7)10/h4,7-8H,1-3H3/t7-,8+,10-/m1/s1. The van der Waals surface area contributed by atoms with Crippen molar-refractivity contribution in [1.29, 1.82) is 0 Å². The van der Waals surface area contributed by atoms with E-state index in [4.69, 9.17) is 4.74 Å². The van der Waals surface area contributed by atoms with Gasteiger partial charge in [0.1, 0.15) is 5.76 Å². The van der Waals surface area contributed by atoms with Crippen LogP contribution in [0.4, 0.5) is 0 Å². The van der Waals surface area contributed by atoms with Crippen LogP contribution in [0.1, 0.15) is 6.92 Å². The Balaban J connectivity index is 2.28. The van der Waals surface area contributed by atoms with Crippen molar-refractivity contribution in [2.75, 3.05) is 14.2 Å². The van der Waals surface area contributed by atoms with Gasteiger partial charge in [-0.1, -0.05) is 0 Å². The Kier molecular flexibility index (Phi) is 1.71. The predicted molar refractivity (Wildman–Crippen MR) is 47.2 cm³/mol. The summed E-state index contributed by atoms with van der Waals surface area (Å²) < 4.78 is 9.74. The van der Waals surface area contributed by atoms with Gasteiger partial charge in [-0.25, -0.2) is 0 Å². The highest BCUT2D eigenvalue weighted by Crippen LogP contribution is 2.66. The maximum Gasteiger partial charge on any atom is 0.313 e. The number of fused-ring (bicyclic) bond motifs is 1. The van der Waals surface area contributed by atoms with Gasteiger partial charge >= 0.3 is 5.97 Å². The molecule has 1 saturated carbocycles. The van der Waals surface area contributed by atoms with E-state index in [1.807, 2.05) is 0 Å². The summed E-state index contributed by atoms with van der Waals surface area (Å²) in [6.45, 7) is 1.75. The Bertz CT molecular complexity index is 344. The molecule has 0 radical (unpaired) electrons. The van der Waals surface area contributed by atoms with Gasteiger partial charge in [0.25, 0.3) is 0 Å². The lowest BCUT2D eigenvalue weighted by Crippen LogP contribution is -2.21. The van der Waals surface area contributed by atoms with Gasteiger partial charge < -0.3 is 9.47 Å². The molecule has 2 aliphatic carbocycles. The van der Waals surface area contributed by atoms with Crippen molar-refractivity contribution in [3.63, 3.8) is 0 Å². The van der Waals surface area contributed by atoms with Gasteiger partial charge in [0.2, 0.25) is 0 Å². The Hall–Kier alpha value is -1.32. The molecule has 0 N–H and O–H groups in total. The van der Waals surface area contributed by atoms with E-state index in [0.29, 0.717) is 5.76 Å². The van der Waals surface area contributed by atoms with Crippen molar-refractivity contribution in [2.24, 2.45) is 17.3 Å². The molecule has 0 bridgehead atoms. The average Bonchev–Trinajstić information content (AvgIpc) is 2.64. The Morgan fingerprint density at radius 3 is 2.57 bits per heavy atom. The molecule has 0 amide bonds. The molecule has 0 aromatic rings. The smallest absolute Gasteiger partial charge is 0.313 e. The number of carbonyl (C=O) groups is 2. The highest BCUT2D eigenvalue weighted by atomic mass is 16.5. The zero-order chi connectivity index (χ0) is 10.5. The Labute approximate surface area is 81.9 Å². The van der Waals surface area contributed by atoms with Crippen LogP contribution in [-0.2, 0) is 19.1 Å². The minimum Gasteiger partial charge on any atom is -0.501 e.